The largest absolute Gasteiger partial charge is 0.399 e. The molecule has 0 unspecified atom stereocenters. The predicted molar refractivity (Wildman–Crippen MR) is 145 cm³/mol. The van der Waals surface area contributed by atoms with Gasteiger partial charge in [0, 0.05) is 17.3 Å². The van der Waals surface area contributed by atoms with Gasteiger partial charge in [-0.05, 0) is 60.1 Å². The molecule has 4 N–H and O–H groups in total. The summed E-state index contributed by atoms with van der Waals surface area (Å²) in [6.45, 7) is 2.30. The van der Waals surface area contributed by atoms with Gasteiger partial charge >= 0.3 is 0 Å². The van der Waals surface area contributed by atoms with E-state index in [4.69, 9.17) is 11.5 Å². The minimum Gasteiger partial charge on any atom is -0.399 e. The first-order valence-corrected chi connectivity index (χ1v) is 13.9. The molecule has 1 aliphatic rings. The van der Waals surface area contributed by atoms with Gasteiger partial charge in [-0.3, -0.25) is 0 Å². The molecule has 0 heterocycles. The second kappa shape index (κ2) is 14.3. The molecule has 0 aromatic heterocycles. The van der Waals surface area contributed by atoms with Crippen LogP contribution in [0.5, 0.6) is 0 Å². The van der Waals surface area contributed by atoms with Gasteiger partial charge in [0.15, 0.2) is 0 Å². The quantitative estimate of drug-likeness (QED) is 0.223. The minimum absolute atomic E-state index is 0.449. The molecule has 2 nitrogen and oxygen atoms in total. The first kappa shape index (κ1) is 25.7. The molecule has 3 rings (SSSR count). The van der Waals surface area contributed by atoms with Gasteiger partial charge < -0.3 is 11.5 Å². The molecule has 1 fully saturated rings. The lowest BCUT2D eigenvalue weighted by molar-refractivity contribution is 0.242. The van der Waals surface area contributed by atoms with Crippen molar-refractivity contribution in [3.05, 3.63) is 59.7 Å². The van der Waals surface area contributed by atoms with Gasteiger partial charge in [-0.1, -0.05) is 115 Å². The average molecular weight is 449 g/mol. The van der Waals surface area contributed by atoms with Gasteiger partial charge in [0.25, 0.3) is 0 Å². The number of unbranched alkanes of at least 4 members (excludes halogenated alkanes) is 9. The van der Waals surface area contributed by atoms with Crippen LogP contribution in [0.4, 0.5) is 11.4 Å². The summed E-state index contributed by atoms with van der Waals surface area (Å²) in [5.74, 6) is 2.10. The van der Waals surface area contributed by atoms with Crippen LogP contribution in [0.3, 0.4) is 0 Å². The van der Waals surface area contributed by atoms with E-state index < -0.39 is 0 Å². The van der Waals surface area contributed by atoms with Crippen LogP contribution in [0, 0.1) is 11.8 Å². The topological polar surface area (TPSA) is 52.0 Å². The highest BCUT2D eigenvalue weighted by Gasteiger charge is 2.29. The van der Waals surface area contributed by atoms with Crippen molar-refractivity contribution >= 4 is 11.4 Å². The van der Waals surface area contributed by atoms with Crippen LogP contribution in [0.1, 0.15) is 120 Å². The molecule has 0 spiro atoms. The van der Waals surface area contributed by atoms with E-state index in [-0.39, 0.29) is 0 Å². The van der Waals surface area contributed by atoms with Gasteiger partial charge in [-0.25, -0.2) is 0 Å². The normalized spacial score (nSPS) is 18.6. The first-order valence-electron chi connectivity index (χ1n) is 13.9. The van der Waals surface area contributed by atoms with E-state index >= 15 is 0 Å². The van der Waals surface area contributed by atoms with E-state index in [1.807, 2.05) is 0 Å². The molecule has 0 amide bonds. The standard InChI is InChI=1S/C31H48N2/c1-2-3-4-5-6-7-8-9-10-11-12-25-13-15-26(16-14-25)31(27-17-21-29(32)22-18-27)28-19-23-30(33)24-20-28/h17-26,31H,2-16,32-33H2,1H3. The van der Waals surface area contributed by atoms with E-state index in [0.717, 1.165) is 17.3 Å². The van der Waals surface area contributed by atoms with E-state index in [9.17, 15) is 0 Å². The van der Waals surface area contributed by atoms with Crippen LogP contribution in [0.2, 0.25) is 0 Å². The second-order valence-electron chi connectivity index (χ2n) is 10.6. The average Bonchev–Trinajstić information content (AvgIpc) is 2.84. The van der Waals surface area contributed by atoms with Gasteiger partial charge in [0.2, 0.25) is 0 Å². The van der Waals surface area contributed by atoms with Gasteiger partial charge in [-0.2, -0.15) is 0 Å². The number of hydrogen-bond acceptors (Lipinski definition) is 2. The highest BCUT2D eigenvalue weighted by molar-refractivity contribution is 5.46. The highest BCUT2D eigenvalue weighted by atomic mass is 14.5. The summed E-state index contributed by atoms with van der Waals surface area (Å²) in [7, 11) is 0. The van der Waals surface area contributed by atoms with Gasteiger partial charge in [-0.15, -0.1) is 0 Å². The molecule has 182 valence electrons. The number of nitrogen functional groups attached to an aromatic ring is 2. The van der Waals surface area contributed by atoms with Crippen LogP contribution in [0.15, 0.2) is 48.5 Å². The Balaban J connectivity index is 1.41. The van der Waals surface area contributed by atoms with E-state index in [2.05, 4.69) is 55.5 Å². The maximum atomic E-state index is 5.97. The summed E-state index contributed by atoms with van der Waals surface area (Å²) in [5, 5.41) is 0. The summed E-state index contributed by atoms with van der Waals surface area (Å²) in [6.07, 6.45) is 21.2. The van der Waals surface area contributed by atoms with E-state index in [1.165, 1.54) is 107 Å². The second-order valence-corrected chi connectivity index (χ2v) is 10.6. The Labute approximate surface area is 203 Å². The van der Waals surface area contributed by atoms with Gasteiger partial charge in [0.05, 0.1) is 0 Å². The van der Waals surface area contributed by atoms with E-state index in [1.54, 1.807) is 0 Å². The van der Waals surface area contributed by atoms with Crippen LogP contribution >= 0.6 is 0 Å². The molecule has 0 radical (unpaired) electrons. The summed E-state index contributed by atoms with van der Waals surface area (Å²) < 4.78 is 0. The third-order valence-corrected chi connectivity index (χ3v) is 7.92. The number of benzene rings is 2. The van der Waals surface area contributed by atoms with Crippen molar-refractivity contribution in [3.63, 3.8) is 0 Å². The molecule has 0 bridgehead atoms. The molecule has 0 saturated heterocycles. The molecular weight excluding hydrogens is 400 g/mol. The Morgan fingerprint density at radius 1 is 0.606 bits per heavy atom. The lowest BCUT2D eigenvalue weighted by Crippen LogP contribution is -2.21. The third-order valence-electron chi connectivity index (χ3n) is 7.92. The number of hydrogen-bond donors (Lipinski definition) is 2. The smallest absolute Gasteiger partial charge is 0.0314 e. The van der Waals surface area contributed by atoms with Crippen LogP contribution in [-0.2, 0) is 0 Å². The van der Waals surface area contributed by atoms with Crippen molar-refractivity contribution in [2.45, 2.75) is 109 Å². The van der Waals surface area contributed by atoms with Gasteiger partial charge in [0.1, 0.15) is 0 Å². The Hall–Kier alpha value is -1.96. The zero-order valence-electron chi connectivity index (χ0n) is 21.1. The predicted octanol–water partition coefficient (Wildman–Crippen LogP) is 9.10. The van der Waals surface area contributed by atoms with Crippen molar-refractivity contribution < 1.29 is 0 Å². The summed E-state index contributed by atoms with van der Waals surface area (Å²) >= 11 is 0. The Kier molecular flexibility index (Phi) is 11.1. The van der Waals surface area contributed by atoms with Crippen LogP contribution < -0.4 is 11.5 Å². The maximum absolute atomic E-state index is 5.97. The van der Waals surface area contributed by atoms with Crippen molar-refractivity contribution in [1.82, 2.24) is 0 Å². The highest BCUT2D eigenvalue weighted by Crippen LogP contribution is 2.43. The molecule has 1 aliphatic carbocycles. The zero-order valence-corrected chi connectivity index (χ0v) is 21.1. The number of nitrogens with two attached hydrogens (primary N) is 2. The first-order chi connectivity index (χ1) is 16.2. The fourth-order valence-electron chi connectivity index (χ4n) is 5.87. The van der Waals surface area contributed by atoms with Crippen molar-refractivity contribution in [1.29, 1.82) is 0 Å². The molecule has 2 aromatic carbocycles. The Bertz CT molecular complexity index is 711. The lowest BCUT2D eigenvalue weighted by Gasteiger charge is -2.35. The molecule has 2 heteroatoms. The van der Waals surface area contributed by atoms with Crippen LogP contribution in [-0.4, -0.2) is 0 Å². The SMILES string of the molecule is CCCCCCCCCCCCC1CCC(C(c2ccc(N)cc2)c2ccc(N)cc2)CC1. The number of anilines is 2. The molecule has 1 saturated carbocycles. The van der Waals surface area contributed by atoms with E-state index in [0.29, 0.717) is 11.8 Å². The fraction of sp³-hybridized carbons (Fsp3) is 0.613. The van der Waals surface area contributed by atoms with Crippen molar-refractivity contribution in [2.75, 3.05) is 11.5 Å². The minimum atomic E-state index is 0.449. The molecule has 33 heavy (non-hydrogen) atoms. The van der Waals surface area contributed by atoms with Crippen molar-refractivity contribution in [2.24, 2.45) is 11.8 Å². The Morgan fingerprint density at radius 3 is 1.48 bits per heavy atom. The molecule has 2 aromatic rings. The molecule has 0 atom stereocenters. The fourth-order valence-corrected chi connectivity index (χ4v) is 5.87. The lowest BCUT2D eigenvalue weighted by atomic mass is 9.70. The molecular formula is C31H48N2. The zero-order chi connectivity index (χ0) is 23.3. The summed E-state index contributed by atoms with van der Waals surface area (Å²) in [6, 6.07) is 17.1. The maximum Gasteiger partial charge on any atom is 0.0314 e. The van der Waals surface area contributed by atoms with Crippen molar-refractivity contribution in [3.8, 4) is 0 Å². The third kappa shape index (κ3) is 8.72. The molecule has 0 aliphatic heterocycles. The summed E-state index contributed by atoms with van der Waals surface area (Å²) in [4.78, 5) is 0. The van der Waals surface area contributed by atoms with Crippen LogP contribution in [0.25, 0.3) is 0 Å². The number of rotatable bonds is 14. The summed E-state index contributed by atoms with van der Waals surface area (Å²) in [5.41, 5.74) is 16.4. The Morgan fingerprint density at radius 2 is 1.03 bits per heavy atom. The monoisotopic (exact) mass is 448 g/mol.